The van der Waals surface area contributed by atoms with E-state index in [0.29, 0.717) is 48.7 Å². The van der Waals surface area contributed by atoms with Crippen LogP contribution in [-0.2, 0) is 13.0 Å². The molecule has 188 valence electrons. The Morgan fingerprint density at radius 3 is 2.89 bits per heavy atom. The first-order chi connectivity index (χ1) is 16.5. The molecule has 0 saturated carbocycles. The smallest absolute Gasteiger partial charge is 0.153 e. The molecule has 5 rings (SSSR count). The van der Waals surface area contributed by atoms with E-state index in [4.69, 9.17) is 9.47 Å². The number of halogens is 3. The van der Waals surface area contributed by atoms with E-state index in [0.717, 1.165) is 35.5 Å². The average Bonchev–Trinajstić information content (AvgIpc) is 3.30. The van der Waals surface area contributed by atoms with Crippen molar-refractivity contribution in [2.45, 2.75) is 36.4 Å². The molecule has 3 aromatic rings. The number of pyridine rings is 2. The van der Waals surface area contributed by atoms with Crippen molar-refractivity contribution < 1.29 is 23.4 Å². The highest BCUT2D eigenvalue weighted by Crippen LogP contribution is 2.35. The maximum absolute atomic E-state index is 14.6. The molecule has 7 nitrogen and oxygen atoms in total. The van der Waals surface area contributed by atoms with Crippen molar-refractivity contribution in [1.82, 2.24) is 20.2 Å². The molecule has 0 aliphatic carbocycles. The van der Waals surface area contributed by atoms with E-state index in [1.165, 1.54) is 13.2 Å². The maximum Gasteiger partial charge on any atom is 0.153 e. The quantitative estimate of drug-likeness (QED) is 0.486. The molecule has 0 bridgehead atoms. The number of nitrogens with zero attached hydrogens (tertiary/aromatic N) is 3. The lowest BCUT2D eigenvalue weighted by atomic mass is 10.00. The van der Waals surface area contributed by atoms with Crippen LogP contribution in [0.4, 0.5) is 8.78 Å². The van der Waals surface area contributed by atoms with Crippen molar-refractivity contribution in [3.05, 3.63) is 53.5 Å². The number of benzene rings is 1. The minimum Gasteiger partial charge on any atom is -0.497 e. The van der Waals surface area contributed by atoms with Gasteiger partial charge >= 0.3 is 0 Å². The fraction of sp³-hybridized carbons (Fsp3) is 0.417. The fourth-order valence-electron chi connectivity index (χ4n) is 4.52. The highest BCUT2D eigenvalue weighted by Gasteiger charge is 2.28. The lowest BCUT2D eigenvalue weighted by Gasteiger charge is -2.36. The molecule has 0 radical (unpaired) electrons. The van der Waals surface area contributed by atoms with E-state index in [-0.39, 0.29) is 24.0 Å². The molecule has 0 amide bonds. The van der Waals surface area contributed by atoms with Gasteiger partial charge in [0.2, 0.25) is 0 Å². The summed E-state index contributed by atoms with van der Waals surface area (Å²) < 4.78 is 39.6. The van der Waals surface area contributed by atoms with Gasteiger partial charge in [-0.1, -0.05) is 11.8 Å². The number of nitrogens with one attached hydrogen (secondary N) is 1. The van der Waals surface area contributed by atoms with Crippen molar-refractivity contribution in [2.75, 3.05) is 32.7 Å². The summed E-state index contributed by atoms with van der Waals surface area (Å²) in [4.78, 5) is 11.5. The van der Waals surface area contributed by atoms with Crippen LogP contribution in [0.2, 0.25) is 0 Å². The monoisotopic (exact) mass is 524 g/mol. The molecule has 2 aliphatic rings. The molecule has 0 spiro atoms. The molecule has 35 heavy (non-hydrogen) atoms. The zero-order valence-electron chi connectivity index (χ0n) is 19.2. The van der Waals surface area contributed by atoms with E-state index >= 15 is 0 Å². The van der Waals surface area contributed by atoms with Gasteiger partial charge in [0.15, 0.2) is 11.6 Å². The molecule has 1 aromatic carbocycles. The molecule has 2 aromatic heterocycles. The van der Waals surface area contributed by atoms with Crippen LogP contribution in [0.3, 0.4) is 0 Å². The van der Waals surface area contributed by atoms with E-state index in [1.54, 1.807) is 24.0 Å². The number of aliphatic hydroxyl groups excluding tert-OH is 1. The summed E-state index contributed by atoms with van der Waals surface area (Å²) in [5, 5.41) is 14.5. The van der Waals surface area contributed by atoms with Gasteiger partial charge in [-0.15, -0.1) is 12.4 Å². The molecule has 4 heterocycles. The third kappa shape index (κ3) is 5.62. The summed E-state index contributed by atoms with van der Waals surface area (Å²) in [6.07, 6.45) is 3.38. The van der Waals surface area contributed by atoms with Gasteiger partial charge in [-0.05, 0) is 31.5 Å². The van der Waals surface area contributed by atoms with E-state index in [1.807, 2.05) is 6.07 Å². The number of aromatic nitrogens is 2. The Balaban J connectivity index is 0.00000289. The largest absolute Gasteiger partial charge is 0.497 e. The lowest BCUT2D eigenvalue weighted by molar-refractivity contribution is 0.0403. The topological polar surface area (TPSA) is 79.7 Å². The number of ether oxygens (including phenoxy) is 2. The molecular weight excluding hydrogens is 498 g/mol. The second kappa shape index (κ2) is 11.2. The Morgan fingerprint density at radius 1 is 1.23 bits per heavy atom. The number of thioether (sulfide) groups is 1. The molecule has 2 N–H and O–H groups in total. The van der Waals surface area contributed by atoms with Crippen LogP contribution in [-0.4, -0.2) is 64.8 Å². The van der Waals surface area contributed by atoms with Gasteiger partial charge < -0.3 is 24.8 Å². The van der Waals surface area contributed by atoms with Gasteiger partial charge in [0.25, 0.3) is 0 Å². The maximum atomic E-state index is 14.6. The third-order valence-electron chi connectivity index (χ3n) is 6.40. The first-order valence-electron chi connectivity index (χ1n) is 11.2. The van der Waals surface area contributed by atoms with Gasteiger partial charge in [-0.3, -0.25) is 9.97 Å². The number of hydrogen-bond donors (Lipinski definition) is 2. The van der Waals surface area contributed by atoms with Crippen LogP contribution in [0.1, 0.15) is 17.7 Å². The van der Waals surface area contributed by atoms with Crippen LogP contribution in [0, 0.1) is 11.6 Å². The van der Waals surface area contributed by atoms with Crippen molar-refractivity contribution >= 4 is 35.1 Å². The number of likely N-dealkylation sites (tertiary alicyclic amines) is 1. The van der Waals surface area contributed by atoms with Crippen molar-refractivity contribution in [3.63, 3.8) is 0 Å². The second-order valence-electron chi connectivity index (χ2n) is 8.51. The molecular formula is C24H27ClF2N4O3S. The van der Waals surface area contributed by atoms with Crippen molar-refractivity contribution in [2.24, 2.45) is 0 Å². The zero-order valence-corrected chi connectivity index (χ0v) is 20.8. The molecule has 11 heteroatoms. The minimum absolute atomic E-state index is 0. The van der Waals surface area contributed by atoms with E-state index in [2.05, 4.69) is 20.2 Å². The standard InChI is InChI=1S/C24H26F2N4O3S.ClH/c1-32-15-7-17-16(19(26)10-29-24(17)18(25)8-15)2-4-30-5-3-20(21(31)12-30)28-9-14-6-23-22(11-27-14)33-13-34-23;/h6-8,10-11,20-21,28,31H,2-5,9,12-13H2,1H3;1H/t20-,21-;/m0./s1. The summed E-state index contributed by atoms with van der Waals surface area (Å²) >= 11 is 1.65. The summed E-state index contributed by atoms with van der Waals surface area (Å²) in [6.45, 7) is 2.35. The Bertz CT molecular complexity index is 1210. The summed E-state index contributed by atoms with van der Waals surface area (Å²) in [5.74, 6) is 0.753. The zero-order chi connectivity index (χ0) is 23.7. The first-order valence-corrected chi connectivity index (χ1v) is 12.2. The van der Waals surface area contributed by atoms with Crippen LogP contribution in [0.5, 0.6) is 11.5 Å². The van der Waals surface area contributed by atoms with Crippen molar-refractivity contribution in [3.8, 4) is 11.5 Å². The average molecular weight is 525 g/mol. The van der Waals surface area contributed by atoms with Crippen LogP contribution < -0.4 is 14.8 Å². The molecule has 1 fully saturated rings. The number of β-amino-alcohol motifs (C(OH)–C–C–N with tert-alkyl or cyclic N) is 1. The Morgan fingerprint density at radius 2 is 2.09 bits per heavy atom. The Kier molecular flexibility index (Phi) is 8.28. The Hall–Kier alpha value is -2.24. The second-order valence-corrected chi connectivity index (χ2v) is 9.48. The summed E-state index contributed by atoms with van der Waals surface area (Å²) in [7, 11) is 1.44. The van der Waals surface area contributed by atoms with E-state index in [9.17, 15) is 13.9 Å². The van der Waals surface area contributed by atoms with Gasteiger partial charge in [-0.2, -0.15) is 0 Å². The minimum atomic E-state index is -0.558. The van der Waals surface area contributed by atoms with Crippen LogP contribution >= 0.6 is 24.2 Å². The number of piperidine rings is 1. The number of rotatable bonds is 7. The Labute approximate surface area is 212 Å². The fourth-order valence-corrected chi connectivity index (χ4v) is 5.30. The van der Waals surface area contributed by atoms with Crippen LogP contribution in [0.25, 0.3) is 10.9 Å². The number of hydrogen-bond acceptors (Lipinski definition) is 8. The normalized spacial score (nSPS) is 19.8. The number of methoxy groups -OCH3 is 1. The highest BCUT2D eigenvalue weighted by atomic mass is 35.5. The van der Waals surface area contributed by atoms with Crippen LogP contribution in [0.15, 0.2) is 35.5 Å². The SMILES string of the molecule is COc1cc(F)c2ncc(F)c(CCN3CC[C@H](NCc4cc5c(cn4)OCS5)[C@@H](O)C3)c2c1.Cl. The first kappa shape index (κ1) is 25.8. The third-order valence-corrected chi connectivity index (χ3v) is 7.27. The lowest BCUT2D eigenvalue weighted by Crippen LogP contribution is -2.52. The molecule has 2 atom stereocenters. The summed E-state index contributed by atoms with van der Waals surface area (Å²) in [5.41, 5.74) is 1.45. The van der Waals surface area contributed by atoms with Gasteiger partial charge in [0.05, 0.1) is 36.2 Å². The predicted molar refractivity (Wildman–Crippen MR) is 132 cm³/mol. The van der Waals surface area contributed by atoms with Gasteiger partial charge in [-0.25, -0.2) is 8.78 Å². The van der Waals surface area contributed by atoms with Crippen molar-refractivity contribution in [1.29, 1.82) is 0 Å². The van der Waals surface area contributed by atoms with Gasteiger partial charge in [0, 0.05) is 42.7 Å². The molecule has 1 saturated heterocycles. The summed E-state index contributed by atoms with van der Waals surface area (Å²) in [6, 6.07) is 4.84. The number of fused-ring (bicyclic) bond motifs is 2. The van der Waals surface area contributed by atoms with Gasteiger partial charge in [0.1, 0.15) is 23.0 Å². The highest BCUT2D eigenvalue weighted by molar-refractivity contribution is 7.99. The number of aliphatic hydroxyl groups is 1. The molecule has 0 unspecified atom stereocenters. The van der Waals surface area contributed by atoms with E-state index < -0.39 is 17.7 Å². The predicted octanol–water partition coefficient (Wildman–Crippen LogP) is 3.55. The molecule has 2 aliphatic heterocycles.